The second kappa shape index (κ2) is 3.56. The quantitative estimate of drug-likeness (QED) is 0.493. The summed E-state index contributed by atoms with van der Waals surface area (Å²) in [6.45, 7) is 13.9. The highest BCUT2D eigenvalue weighted by Gasteiger charge is 2.32. The Balaban J connectivity index is 2.99. The summed E-state index contributed by atoms with van der Waals surface area (Å²) >= 11 is 0. The zero-order valence-electron chi connectivity index (χ0n) is 10.5. The Morgan fingerprint density at radius 3 is 2.00 bits per heavy atom. The zero-order chi connectivity index (χ0) is 11.0. The molecular formula is C14H24. The third kappa shape index (κ3) is 2.50. The lowest BCUT2D eigenvalue weighted by atomic mass is 9.66. The van der Waals surface area contributed by atoms with Crippen LogP contribution in [-0.2, 0) is 0 Å². The summed E-state index contributed by atoms with van der Waals surface area (Å²) < 4.78 is 0. The molecule has 0 amide bonds. The van der Waals surface area contributed by atoms with Crippen LogP contribution in [0.4, 0.5) is 0 Å². The first-order valence-electron chi connectivity index (χ1n) is 5.60. The van der Waals surface area contributed by atoms with Crippen molar-refractivity contribution in [1.29, 1.82) is 0 Å². The number of hydrogen-bond donors (Lipinski definition) is 0. The van der Waals surface area contributed by atoms with Crippen LogP contribution < -0.4 is 0 Å². The van der Waals surface area contributed by atoms with Crippen molar-refractivity contribution in [3.63, 3.8) is 0 Å². The van der Waals surface area contributed by atoms with Gasteiger partial charge >= 0.3 is 0 Å². The van der Waals surface area contributed by atoms with Gasteiger partial charge < -0.3 is 0 Å². The molecule has 1 atom stereocenters. The van der Waals surface area contributed by atoms with E-state index in [1.165, 1.54) is 0 Å². The average Bonchev–Trinajstić information content (AvgIpc) is 2.01. The SMILES string of the molecule is CC(C)(C)C1=CCC=CC1C(C)(C)C. The van der Waals surface area contributed by atoms with Crippen molar-refractivity contribution in [3.8, 4) is 0 Å². The van der Waals surface area contributed by atoms with Gasteiger partial charge in [-0.3, -0.25) is 0 Å². The Hall–Kier alpha value is -0.520. The lowest BCUT2D eigenvalue weighted by Gasteiger charge is -2.38. The largest absolute Gasteiger partial charge is 0.0841 e. The van der Waals surface area contributed by atoms with E-state index in [0.717, 1.165) is 6.42 Å². The minimum atomic E-state index is 0.308. The Bertz CT molecular complexity index is 253. The summed E-state index contributed by atoms with van der Waals surface area (Å²) in [5.41, 5.74) is 2.26. The van der Waals surface area contributed by atoms with E-state index in [0.29, 0.717) is 16.7 Å². The number of hydrogen-bond acceptors (Lipinski definition) is 0. The van der Waals surface area contributed by atoms with Crippen molar-refractivity contribution in [2.24, 2.45) is 16.7 Å². The first kappa shape index (κ1) is 11.6. The van der Waals surface area contributed by atoms with E-state index in [1.807, 2.05) is 0 Å². The normalized spacial score (nSPS) is 23.6. The minimum absolute atomic E-state index is 0.308. The van der Waals surface area contributed by atoms with Gasteiger partial charge in [-0.25, -0.2) is 0 Å². The highest BCUT2D eigenvalue weighted by Crippen LogP contribution is 2.43. The van der Waals surface area contributed by atoms with Gasteiger partial charge in [0, 0.05) is 5.92 Å². The van der Waals surface area contributed by atoms with Crippen LogP contribution >= 0.6 is 0 Å². The first-order chi connectivity index (χ1) is 6.23. The van der Waals surface area contributed by atoms with Gasteiger partial charge in [-0.1, -0.05) is 65.3 Å². The molecule has 14 heavy (non-hydrogen) atoms. The molecule has 0 heteroatoms. The monoisotopic (exact) mass is 192 g/mol. The van der Waals surface area contributed by atoms with Crippen LogP contribution in [0.25, 0.3) is 0 Å². The molecule has 0 aliphatic heterocycles. The van der Waals surface area contributed by atoms with E-state index in [9.17, 15) is 0 Å². The molecule has 0 aromatic carbocycles. The molecule has 0 radical (unpaired) electrons. The highest BCUT2D eigenvalue weighted by molar-refractivity contribution is 5.26. The third-order valence-corrected chi connectivity index (χ3v) is 2.94. The molecule has 0 N–H and O–H groups in total. The number of allylic oxidation sites excluding steroid dienone is 4. The summed E-state index contributed by atoms with van der Waals surface area (Å²) in [6.07, 6.45) is 8.21. The van der Waals surface area contributed by atoms with E-state index in [4.69, 9.17) is 0 Å². The van der Waals surface area contributed by atoms with Crippen LogP contribution in [0, 0.1) is 16.7 Å². The minimum Gasteiger partial charge on any atom is -0.0841 e. The molecule has 0 aromatic heterocycles. The molecule has 0 nitrogen and oxygen atoms in total. The molecule has 0 bridgehead atoms. The molecule has 1 unspecified atom stereocenters. The predicted octanol–water partition coefficient (Wildman–Crippen LogP) is 4.58. The summed E-state index contributed by atoms with van der Waals surface area (Å²) in [5, 5.41) is 0. The van der Waals surface area contributed by atoms with Gasteiger partial charge in [0.05, 0.1) is 0 Å². The predicted molar refractivity (Wildman–Crippen MR) is 64.2 cm³/mol. The van der Waals surface area contributed by atoms with Crippen molar-refractivity contribution < 1.29 is 0 Å². The summed E-state index contributed by atoms with van der Waals surface area (Å²) in [4.78, 5) is 0. The summed E-state index contributed by atoms with van der Waals surface area (Å²) in [6, 6.07) is 0. The maximum absolute atomic E-state index is 2.41. The fourth-order valence-electron chi connectivity index (χ4n) is 2.17. The topological polar surface area (TPSA) is 0 Å². The molecular weight excluding hydrogens is 168 g/mol. The van der Waals surface area contributed by atoms with Crippen LogP contribution in [0.3, 0.4) is 0 Å². The van der Waals surface area contributed by atoms with Gasteiger partial charge in [0.2, 0.25) is 0 Å². The van der Waals surface area contributed by atoms with E-state index < -0.39 is 0 Å². The van der Waals surface area contributed by atoms with Crippen LogP contribution in [0.5, 0.6) is 0 Å². The van der Waals surface area contributed by atoms with Crippen molar-refractivity contribution >= 4 is 0 Å². The molecule has 0 heterocycles. The molecule has 80 valence electrons. The third-order valence-electron chi connectivity index (χ3n) is 2.94. The average molecular weight is 192 g/mol. The standard InChI is InChI=1S/C14H24/c1-13(2,3)11-9-7-8-10-12(11)14(4,5)6/h7,9-11H,8H2,1-6H3. The lowest BCUT2D eigenvalue weighted by molar-refractivity contribution is 0.284. The Morgan fingerprint density at radius 1 is 1.07 bits per heavy atom. The lowest BCUT2D eigenvalue weighted by Crippen LogP contribution is -2.28. The Morgan fingerprint density at radius 2 is 1.64 bits per heavy atom. The zero-order valence-corrected chi connectivity index (χ0v) is 10.5. The molecule has 1 rings (SSSR count). The molecule has 0 aromatic rings. The first-order valence-corrected chi connectivity index (χ1v) is 5.60. The van der Waals surface area contributed by atoms with Crippen LogP contribution in [0.15, 0.2) is 23.8 Å². The van der Waals surface area contributed by atoms with Gasteiger partial charge in [-0.15, -0.1) is 0 Å². The van der Waals surface area contributed by atoms with E-state index in [2.05, 4.69) is 59.8 Å². The summed E-state index contributed by atoms with van der Waals surface area (Å²) in [5.74, 6) is 0.608. The fraction of sp³-hybridized carbons (Fsp3) is 0.714. The second-order valence-corrected chi connectivity index (χ2v) is 6.42. The van der Waals surface area contributed by atoms with Crippen LogP contribution in [0.1, 0.15) is 48.0 Å². The van der Waals surface area contributed by atoms with E-state index >= 15 is 0 Å². The fourth-order valence-corrected chi connectivity index (χ4v) is 2.17. The highest BCUT2D eigenvalue weighted by atomic mass is 14.4. The molecule has 1 aliphatic rings. The van der Waals surface area contributed by atoms with Gasteiger partial charge in [-0.2, -0.15) is 0 Å². The maximum Gasteiger partial charge on any atom is 0.00308 e. The number of rotatable bonds is 0. The van der Waals surface area contributed by atoms with Gasteiger partial charge in [-0.05, 0) is 17.3 Å². The van der Waals surface area contributed by atoms with Crippen molar-refractivity contribution in [1.82, 2.24) is 0 Å². The van der Waals surface area contributed by atoms with E-state index in [1.54, 1.807) is 5.57 Å². The maximum atomic E-state index is 2.41. The second-order valence-electron chi connectivity index (χ2n) is 6.42. The van der Waals surface area contributed by atoms with Crippen LogP contribution in [-0.4, -0.2) is 0 Å². The molecule has 1 aliphatic carbocycles. The van der Waals surface area contributed by atoms with E-state index in [-0.39, 0.29) is 0 Å². The van der Waals surface area contributed by atoms with Crippen LogP contribution in [0.2, 0.25) is 0 Å². The van der Waals surface area contributed by atoms with Gasteiger partial charge in [0.15, 0.2) is 0 Å². The molecule has 0 saturated carbocycles. The van der Waals surface area contributed by atoms with Crippen molar-refractivity contribution in [3.05, 3.63) is 23.8 Å². The van der Waals surface area contributed by atoms with Crippen molar-refractivity contribution in [2.75, 3.05) is 0 Å². The van der Waals surface area contributed by atoms with Gasteiger partial charge in [0.25, 0.3) is 0 Å². The Labute approximate surface area is 89.1 Å². The molecule has 0 saturated heterocycles. The van der Waals surface area contributed by atoms with Crippen molar-refractivity contribution in [2.45, 2.75) is 48.0 Å². The Kier molecular flexibility index (Phi) is 2.94. The summed E-state index contributed by atoms with van der Waals surface area (Å²) in [7, 11) is 0. The molecule has 0 fully saturated rings. The molecule has 0 spiro atoms. The van der Waals surface area contributed by atoms with Gasteiger partial charge in [0.1, 0.15) is 0 Å². The smallest absolute Gasteiger partial charge is 0.00308 e.